The molecule has 1 atom stereocenters. The summed E-state index contributed by atoms with van der Waals surface area (Å²) in [6.07, 6.45) is 1.72. The number of phenolic OH excluding ortho intramolecular Hbond substituents is 1. The third-order valence-corrected chi connectivity index (χ3v) is 5.30. The number of aliphatic imine (C=N–C) groups is 1. The number of aromatic hydroxyl groups is 1. The van der Waals surface area contributed by atoms with Gasteiger partial charge in [0, 0.05) is 11.0 Å². The Balaban J connectivity index is 1.84. The van der Waals surface area contributed by atoms with Gasteiger partial charge in [0.25, 0.3) is 5.91 Å². The second-order valence-electron chi connectivity index (χ2n) is 6.20. The summed E-state index contributed by atoms with van der Waals surface area (Å²) in [6.45, 7) is 0.743. The number of amides is 1. The lowest BCUT2D eigenvalue weighted by Crippen LogP contribution is -2.34. The first-order chi connectivity index (χ1) is 12.6. The number of anilines is 1. The van der Waals surface area contributed by atoms with Gasteiger partial charge in [0.1, 0.15) is 17.5 Å². The van der Waals surface area contributed by atoms with Crippen LogP contribution in [0.15, 0.2) is 51.9 Å². The van der Waals surface area contributed by atoms with Crippen molar-refractivity contribution in [2.45, 2.75) is 18.9 Å². The molecule has 1 amide bonds. The van der Waals surface area contributed by atoms with Crippen molar-refractivity contribution in [2.24, 2.45) is 4.99 Å². The lowest BCUT2D eigenvalue weighted by molar-refractivity contribution is -0.119. The molecule has 0 radical (unpaired) electrons. The molecule has 26 heavy (non-hydrogen) atoms. The van der Waals surface area contributed by atoms with E-state index in [1.807, 2.05) is 35.2 Å². The molecule has 0 aromatic heterocycles. The highest BCUT2D eigenvalue weighted by atomic mass is 79.9. The predicted octanol–water partition coefficient (Wildman–Crippen LogP) is 3.53. The van der Waals surface area contributed by atoms with Gasteiger partial charge in [0.05, 0.1) is 17.3 Å². The number of fused-ring (bicyclic) bond motifs is 1. The molecule has 0 saturated carbocycles. The van der Waals surface area contributed by atoms with Crippen molar-refractivity contribution in [3.8, 4) is 11.8 Å². The van der Waals surface area contributed by atoms with E-state index in [2.05, 4.69) is 20.9 Å². The van der Waals surface area contributed by atoms with Crippen LogP contribution in [0.5, 0.6) is 5.75 Å². The molecule has 2 saturated heterocycles. The minimum Gasteiger partial charge on any atom is -0.506 e. The Kier molecular flexibility index (Phi) is 4.13. The molecule has 130 valence electrons. The molecule has 2 aromatic rings. The molecule has 1 unspecified atom stereocenters. The number of para-hydroxylation sites is 1. The van der Waals surface area contributed by atoms with Crippen molar-refractivity contribution >= 4 is 39.2 Å². The topological polar surface area (TPSA) is 79.9 Å². The largest absolute Gasteiger partial charge is 0.506 e. The van der Waals surface area contributed by atoms with Crippen LogP contribution < -0.4 is 4.90 Å². The molecule has 2 aliphatic heterocycles. The van der Waals surface area contributed by atoms with Crippen LogP contribution in [-0.2, 0) is 4.79 Å². The van der Waals surface area contributed by atoms with Crippen LogP contribution in [0.3, 0.4) is 0 Å². The number of carbonyl (C=O) groups is 1. The summed E-state index contributed by atoms with van der Waals surface area (Å²) >= 11 is 3.51. The van der Waals surface area contributed by atoms with E-state index in [0.29, 0.717) is 17.2 Å². The van der Waals surface area contributed by atoms with E-state index in [0.717, 1.165) is 29.5 Å². The second-order valence-corrected chi connectivity index (χ2v) is 7.06. The van der Waals surface area contributed by atoms with E-state index in [-0.39, 0.29) is 17.7 Å². The van der Waals surface area contributed by atoms with E-state index in [1.165, 1.54) is 6.07 Å². The minimum absolute atomic E-state index is 0.0127. The summed E-state index contributed by atoms with van der Waals surface area (Å²) in [5.74, 6) is 0.407. The fraction of sp³-hybridized carbons (Fsp3) is 0.211. The number of rotatable bonds is 2. The molecule has 2 heterocycles. The van der Waals surface area contributed by atoms with E-state index < -0.39 is 0 Å². The maximum atomic E-state index is 13.0. The molecule has 2 fully saturated rings. The summed E-state index contributed by atoms with van der Waals surface area (Å²) in [7, 11) is 0. The smallest absolute Gasteiger partial charge is 0.256 e. The van der Waals surface area contributed by atoms with Crippen molar-refractivity contribution in [1.29, 1.82) is 5.26 Å². The summed E-state index contributed by atoms with van der Waals surface area (Å²) in [4.78, 5) is 21.2. The van der Waals surface area contributed by atoms with Gasteiger partial charge in [-0.25, -0.2) is 9.89 Å². The summed E-state index contributed by atoms with van der Waals surface area (Å²) in [6, 6.07) is 13.8. The highest BCUT2D eigenvalue weighted by Crippen LogP contribution is 2.37. The van der Waals surface area contributed by atoms with Crippen molar-refractivity contribution in [1.82, 2.24) is 4.90 Å². The maximum absolute atomic E-state index is 13.0. The van der Waals surface area contributed by atoms with Crippen molar-refractivity contribution in [2.75, 3.05) is 11.4 Å². The van der Waals surface area contributed by atoms with E-state index in [1.54, 1.807) is 17.0 Å². The van der Waals surface area contributed by atoms with Crippen LogP contribution in [-0.4, -0.2) is 34.5 Å². The van der Waals surface area contributed by atoms with Gasteiger partial charge in [-0.1, -0.05) is 12.1 Å². The average molecular weight is 411 g/mol. The van der Waals surface area contributed by atoms with Crippen LogP contribution in [0.1, 0.15) is 18.4 Å². The third kappa shape index (κ3) is 2.63. The molecular weight excluding hydrogens is 396 g/mol. The van der Waals surface area contributed by atoms with Crippen LogP contribution >= 0.6 is 15.9 Å². The molecule has 0 bridgehead atoms. The van der Waals surface area contributed by atoms with Crippen molar-refractivity contribution < 1.29 is 9.90 Å². The SMILES string of the molecule is N#Cc1ccc(/N=C2/N(c3ccccc3Br)C(=O)C3CCCN23)c(O)c1. The average Bonchev–Trinajstić information content (AvgIpc) is 3.21. The standard InChI is InChI=1S/C19H15BrN4O2/c20-13-4-1-2-5-15(13)24-18(26)16-6-3-9-23(16)19(24)22-14-8-7-12(11-21)10-17(14)25/h1-2,4-5,7-8,10,16,25H,3,6,9H2/b22-19+. The Labute approximate surface area is 159 Å². The molecule has 0 aliphatic carbocycles. The zero-order valence-corrected chi connectivity index (χ0v) is 15.3. The Bertz CT molecular complexity index is 966. The lowest BCUT2D eigenvalue weighted by atomic mass is 10.2. The first kappa shape index (κ1) is 16.6. The van der Waals surface area contributed by atoms with Crippen LogP contribution in [0.4, 0.5) is 11.4 Å². The fourth-order valence-electron chi connectivity index (χ4n) is 3.41. The van der Waals surface area contributed by atoms with Gasteiger partial charge in [-0.2, -0.15) is 5.26 Å². The van der Waals surface area contributed by atoms with Crippen molar-refractivity contribution in [3.05, 3.63) is 52.5 Å². The fourth-order valence-corrected chi connectivity index (χ4v) is 3.87. The number of hydrogen-bond acceptors (Lipinski definition) is 4. The number of guanidine groups is 1. The van der Waals surface area contributed by atoms with E-state index >= 15 is 0 Å². The van der Waals surface area contributed by atoms with Crippen LogP contribution in [0.25, 0.3) is 0 Å². The Hall–Kier alpha value is -2.85. The van der Waals surface area contributed by atoms with Gasteiger partial charge in [-0.15, -0.1) is 0 Å². The summed E-state index contributed by atoms with van der Waals surface area (Å²) in [5.41, 5.74) is 1.41. The van der Waals surface area contributed by atoms with Gasteiger partial charge < -0.3 is 10.0 Å². The van der Waals surface area contributed by atoms with Crippen LogP contribution in [0, 0.1) is 11.3 Å². The number of halogens is 1. The number of hydrogen-bond donors (Lipinski definition) is 1. The number of nitrogens with zero attached hydrogens (tertiary/aromatic N) is 4. The normalized spacial score (nSPS) is 20.5. The molecule has 7 heteroatoms. The number of benzene rings is 2. The molecule has 1 N–H and O–H groups in total. The molecule has 2 aliphatic rings. The second kappa shape index (κ2) is 6.46. The van der Waals surface area contributed by atoms with Crippen molar-refractivity contribution in [3.63, 3.8) is 0 Å². The monoisotopic (exact) mass is 410 g/mol. The molecule has 0 spiro atoms. The first-order valence-electron chi connectivity index (χ1n) is 8.27. The van der Waals surface area contributed by atoms with E-state index in [4.69, 9.17) is 5.26 Å². The zero-order valence-electron chi connectivity index (χ0n) is 13.8. The minimum atomic E-state index is -0.221. The molecule has 6 nitrogen and oxygen atoms in total. The summed E-state index contributed by atoms with van der Waals surface area (Å²) in [5, 5.41) is 19.2. The Morgan fingerprint density at radius 3 is 2.81 bits per heavy atom. The highest BCUT2D eigenvalue weighted by Gasteiger charge is 2.47. The Morgan fingerprint density at radius 2 is 2.08 bits per heavy atom. The summed E-state index contributed by atoms with van der Waals surface area (Å²) < 4.78 is 0.797. The number of phenols is 1. The van der Waals surface area contributed by atoms with E-state index in [9.17, 15) is 9.90 Å². The maximum Gasteiger partial charge on any atom is 0.256 e. The highest BCUT2D eigenvalue weighted by molar-refractivity contribution is 9.10. The third-order valence-electron chi connectivity index (χ3n) is 4.63. The van der Waals surface area contributed by atoms with Crippen LogP contribution in [0.2, 0.25) is 0 Å². The number of nitriles is 1. The predicted molar refractivity (Wildman–Crippen MR) is 101 cm³/mol. The van der Waals surface area contributed by atoms with Gasteiger partial charge in [0.15, 0.2) is 0 Å². The van der Waals surface area contributed by atoms with Gasteiger partial charge in [0.2, 0.25) is 5.96 Å². The van der Waals surface area contributed by atoms with Gasteiger partial charge in [-0.05, 0) is 59.1 Å². The lowest BCUT2D eigenvalue weighted by Gasteiger charge is -2.21. The van der Waals surface area contributed by atoms with Gasteiger partial charge >= 0.3 is 0 Å². The molecule has 2 aromatic carbocycles. The van der Waals surface area contributed by atoms with Gasteiger partial charge in [-0.3, -0.25) is 4.79 Å². The molecule has 4 rings (SSSR count). The first-order valence-corrected chi connectivity index (χ1v) is 9.06. The quantitative estimate of drug-likeness (QED) is 0.820. The zero-order chi connectivity index (χ0) is 18.3. The molecular formula is C19H15BrN4O2. The Morgan fingerprint density at radius 1 is 1.27 bits per heavy atom. The number of carbonyl (C=O) groups excluding carboxylic acids is 1.